The number of phenols is 2. The Bertz CT molecular complexity index is 1690. The molecule has 8 fully saturated rings. The third kappa shape index (κ3) is 3.45. The van der Waals surface area contributed by atoms with Crippen molar-refractivity contribution in [2.24, 2.45) is 107 Å². The largest absolute Gasteiger partial charge is 0.508 e. The van der Waals surface area contributed by atoms with Crippen LogP contribution in [0.25, 0.3) is 0 Å². The Balaban J connectivity index is 0.960. The van der Waals surface area contributed by atoms with Gasteiger partial charge in [0.2, 0.25) is 0 Å². The number of benzene rings is 2. The molecule has 10 aliphatic carbocycles. The number of aromatic hydroxyl groups is 2. The predicted octanol–water partition coefficient (Wildman–Crippen LogP) is 9.43. The lowest BCUT2D eigenvalue weighted by Gasteiger charge is -2.52. The van der Waals surface area contributed by atoms with E-state index in [9.17, 15) is 10.2 Å². The zero-order valence-corrected chi connectivity index (χ0v) is 27.8. The minimum absolute atomic E-state index is 0.00172. The molecule has 12 rings (SSSR count). The minimum Gasteiger partial charge on any atom is -0.508 e. The van der Waals surface area contributed by atoms with Gasteiger partial charge in [-0.2, -0.15) is 0 Å². The smallest absolute Gasteiger partial charge is 0.115 e. The van der Waals surface area contributed by atoms with Gasteiger partial charge in [0.1, 0.15) is 11.5 Å². The highest BCUT2D eigenvalue weighted by molar-refractivity contribution is 5.39. The first-order valence-electron chi connectivity index (χ1n) is 20.0. The van der Waals surface area contributed by atoms with Crippen molar-refractivity contribution in [2.45, 2.75) is 69.6 Å². The van der Waals surface area contributed by atoms with Gasteiger partial charge < -0.3 is 10.2 Å². The topological polar surface area (TPSA) is 40.5 Å². The summed E-state index contributed by atoms with van der Waals surface area (Å²) in [6.07, 6.45) is 24.2. The van der Waals surface area contributed by atoms with E-state index in [1.807, 2.05) is 12.1 Å². The van der Waals surface area contributed by atoms with E-state index in [1.54, 1.807) is 0 Å². The molecular weight excluding hydrogens is 572 g/mol. The molecule has 8 saturated carbocycles. The summed E-state index contributed by atoms with van der Waals surface area (Å²) < 4.78 is 0. The molecule has 19 unspecified atom stereocenters. The van der Waals surface area contributed by atoms with Gasteiger partial charge in [-0.25, -0.2) is 0 Å². The van der Waals surface area contributed by atoms with Crippen molar-refractivity contribution in [2.75, 3.05) is 0 Å². The zero-order valence-electron chi connectivity index (χ0n) is 27.8. The molecule has 2 aromatic rings. The van der Waals surface area contributed by atoms with Gasteiger partial charge in [0, 0.05) is 5.41 Å². The highest BCUT2D eigenvalue weighted by Crippen LogP contribution is 2.77. The third-order valence-electron chi connectivity index (χ3n) is 18.3. The monoisotopic (exact) mass is 624 g/mol. The van der Waals surface area contributed by atoms with Crippen LogP contribution in [0.4, 0.5) is 0 Å². The van der Waals surface area contributed by atoms with Crippen LogP contribution in [0.5, 0.6) is 11.5 Å². The molecule has 0 spiro atoms. The summed E-state index contributed by atoms with van der Waals surface area (Å²) in [6.45, 7) is 0. The van der Waals surface area contributed by atoms with Crippen molar-refractivity contribution in [3.63, 3.8) is 0 Å². The van der Waals surface area contributed by atoms with Gasteiger partial charge in [-0.15, -0.1) is 0 Å². The fraction of sp³-hybridized carbons (Fsp3) is 0.644. The molecule has 2 nitrogen and oxygen atoms in total. The summed E-state index contributed by atoms with van der Waals surface area (Å²) >= 11 is 0. The maximum atomic E-state index is 11.1. The Hall–Kier alpha value is -2.48. The Labute approximate surface area is 281 Å². The second-order valence-electron chi connectivity index (χ2n) is 19.2. The first kappa shape index (κ1) is 27.4. The molecule has 0 saturated heterocycles. The number of phenolic OH excluding ortho intramolecular Hbond substituents is 2. The summed E-state index contributed by atoms with van der Waals surface area (Å²) in [5, 5.41) is 21.8. The average molecular weight is 625 g/mol. The molecule has 8 bridgehead atoms. The van der Waals surface area contributed by atoms with Crippen LogP contribution in [0.1, 0.15) is 68.9 Å². The summed E-state index contributed by atoms with van der Waals surface area (Å²) in [6, 6.07) is 16.9. The van der Waals surface area contributed by atoms with Crippen molar-refractivity contribution in [3.8, 4) is 11.5 Å². The van der Waals surface area contributed by atoms with E-state index in [4.69, 9.17) is 0 Å². The molecule has 0 heterocycles. The van der Waals surface area contributed by atoms with Gasteiger partial charge in [-0.05, 0) is 206 Å². The van der Waals surface area contributed by atoms with Gasteiger partial charge in [-0.1, -0.05) is 48.6 Å². The number of fused-ring (bicyclic) bond motifs is 24. The second-order valence-corrected chi connectivity index (χ2v) is 19.2. The quantitative estimate of drug-likeness (QED) is 0.248. The van der Waals surface area contributed by atoms with Crippen molar-refractivity contribution in [3.05, 3.63) is 84.0 Å². The summed E-state index contributed by atoms with van der Waals surface area (Å²) in [5.41, 5.74) is 2.70. The van der Waals surface area contributed by atoms with Crippen molar-refractivity contribution in [1.29, 1.82) is 0 Å². The van der Waals surface area contributed by atoms with E-state index in [2.05, 4.69) is 60.7 Å². The van der Waals surface area contributed by atoms with Gasteiger partial charge in [0.15, 0.2) is 0 Å². The average Bonchev–Trinajstić information content (AvgIpc) is 3.89. The zero-order chi connectivity index (χ0) is 30.8. The van der Waals surface area contributed by atoms with Gasteiger partial charge >= 0.3 is 0 Å². The highest BCUT2D eigenvalue weighted by Gasteiger charge is 2.71. The fourth-order valence-corrected chi connectivity index (χ4v) is 17.7. The fourth-order valence-electron chi connectivity index (χ4n) is 17.7. The molecule has 0 aliphatic heterocycles. The maximum Gasteiger partial charge on any atom is 0.115 e. The molecule has 10 aliphatic rings. The molecular formula is C45H52O2. The first-order chi connectivity index (χ1) is 23.1. The lowest BCUT2D eigenvalue weighted by molar-refractivity contribution is 0.00454. The van der Waals surface area contributed by atoms with E-state index in [-0.39, 0.29) is 5.41 Å². The number of rotatable bonds is 6. The molecule has 2 N–H and O–H groups in total. The summed E-state index contributed by atoms with van der Waals surface area (Å²) in [4.78, 5) is 0. The van der Waals surface area contributed by atoms with Crippen molar-refractivity contribution in [1.82, 2.24) is 0 Å². The Morgan fingerprint density at radius 3 is 1.91 bits per heavy atom. The third-order valence-corrected chi connectivity index (χ3v) is 18.3. The van der Waals surface area contributed by atoms with Gasteiger partial charge in [0.25, 0.3) is 0 Å². The molecule has 47 heavy (non-hydrogen) atoms. The van der Waals surface area contributed by atoms with E-state index >= 15 is 0 Å². The predicted molar refractivity (Wildman–Crippen MR) is 184 cm³/mol. The molecule has 2 aromatic carbocycles. The van der Waals surface area contributed by atoms with Crippen LogP contribution in [0, 0.1) is 107 Å². The molecule has 19 atom stereocenters. The Morgan fingerprint density at radius 2 is 1.21 bits per heavy atom. The number of hydrogen-bond donors (Lipinski definition) is 2. The van der Waals surface area contributed by atoms with Crippen molar-refractivity contribution < 1.29 is 10.2 Å². The van der Waals surface area contributed by atoms with Crippen molar-refractivity contribution >= 4 is 0 Å². The molecule has 0 aromatic heterocycles. The van der Waals surface area contributed by atoms with Crippen LogP contribution in [0.15, 0.2) is 72.8 Å². The molecule has 0 amide bonds. The van der Waals surface area contributed by atoms with Crippen LogP contribution in [0.3, 0.4) is 0 Å². The molecule has 244 valence electrons. The number of allylic oxidation sites excluding steroid dienone is 4. The van der Waals surface area contributed by atoms with Crippen LogP contribution < -0.4 is 0 Å². The van der Waals surface area contributed by atoms with E-state index in [1.165, 1.54) is 68.9 Å². The normalized spacial score (nSPS) is 52.3. The van der Waals surface area contributed by atoms with Crippen LogP contribution in [-0.2, 0) is 11.8 Å². The lowest BCUT2D eigenvalue weighted by atomic mass is 9.52. The van der Waals surface area contributed by atoms with E-state index in [0.717, 1.165) is 107 Å². The number of hydrogen-bond acceptors (Lipinski definition) is 2. The van der Waals surface area contributed by atoms with Gasteiger partial charge in [0.05, 0.1) is 0 Å². The standard InChI is InChI=1S/C45H52O2/c46-28-7-1-5-23(13-28)21-45(27-6-2-8-29(47)18-27,40-17-25-16-39(40)44-38-20-36(42(25)44)31-10-4-12-33(31)38)22-26-14-24-15-34(26)43-37-19-35(41(24)43)30-9-3-11-32(30)37/h1-8,11-13,18,24-26,30-44,46-47H,9-10,14-17,19-22H2. The second kappa shape index (κ2) is 9.39. The SMILES string of the molecule is Oc1cccc(CC(CC2CC3CC2C2C4CC(C5CC=CC54)C32)(c2cccc(O)c2)C2CC3CC2C2C4CC(C5CC=CC54)C32)c1. The summed E-state index contributed by atoms with van der Waals surface area (Å²) in [7, 11) is 0. The Kier molecular flexibility index (Phi) is 5.47. The van der Waals surface area contributed by atoms with Crippen LogP contribution in [-0.4, -0.2) is 10.2 Å². The molecule has 2 heteroatoms. The molecule has 0 radical (unpaired) electrons. The maximum absolute atomic E-state index is 11.1. The Morgan fingerprint density at radius 1 is 0.574 bits per heavy atom. The summed E-state index contributed by atoms with van der Waals surface area (Å²) in [5.74, 6) is 17.3. The van der Waals surface area contributed by atoms with Crippen LogP contribution >= 0.6 is 0 Å². The highest BCUT2D eigenvalue weighted by atomic mass is 16.3. The van der Waals surface area contributed by atoms with Gasteiger partial charge in [-0.3, -0.25) is 0 Å². The minimum atomic E-state index is 0.00172. The first-order valence-corrected chi connectivity index (χ1v) is 20.0. The van der Waals surface area contributed by atoms with E-state index < -0.39 is 0 Å². The lowest BCUT2D eigenvalue weighted by Crippen LogP contribution is -2.49. The van der Waals surface area contributed by atoms with Crippen LogP contribution in [0.2, 0.25) is 0 Å². The van der Waals surface area contributed by atoms with E-state index in [0.29, 0.717) is 17.4 Å².